The van der Waals surface area contributed by atoms with E-state index in [0.717, 1.165) is 37.8 Å². The molecule has 4 nitrogen and oxygen atoms in total. The average Bonchev–Trinajstić information content (AvgIpc) is 2.93. The van der Waals surface area contributed by atoms with Gasteiger partial charge in [0.1, 0.15) is 5.60 Å². The van der Waals surface area contributed by atoms with Crippen molar-refractivity contribution in [1.29, 1.82) is 0 Å². The molecule has 1 saturated heterocycles. The number of nitrogens with zero attached hydrogens (tertiary/aromatic N) is 1. The third-order valence-electron chi connectivity index (χ3n) is 3.69. The maximum absolute atomic E-state index is 11.8. The molecule has 2 fully saturated rings. The Kier molecular flexibility index (Phi) is 4.90. The van der Waals surface area contributed by atoms with Crippen LogP contribution in [0.15, 0.2) is 0 Å². The normalized spacial score (nSPS) is 28.6. The molecule has 0 radical (unpaired) electrons. The number of hydrogen-bond donors (Lipinski definition) is 1. The minimum absolute atomic E-state index is 0. The molecule has 0 aromatic heterocycles. The fraction of sp³-hybridized carbons (Fsp3) is 0.923. The largest absolute Gasteiger partial charge is 0.444 e. The Balaban J connectivity index is 0.00000162. The highest BCUT2D eigenvalue weighted by molar-refractivity contribution is 5.85. The lowest BCUT2D eigenvalue weighted by atomic mass is 9.92. The van der Waals surface area contributed by atoms with Gasteiger partial charge < -0.3 is 15.4 Å². The van der Waals surface area contributed by atoms with Gasteiger partial charge in [-0.1, -0.05) is 0 Å². The number of likely N-dealkylation sites (tertiary alicyclic amines) is 1. The minimum Gasteiger partial charge on any atom is -0.444 e. The van der Waals surface area contributed by atoms with E-state index in [9.17, 15) is 4.79 Å². The van der Waals surface area contributed by atoms with Crippen LogP contribution >= 0.6 is 12.4 Å². The second-order valence-electron chi connectivity index (χ2n) is 6.37. The summed E-state index contributed by atoms with van der Waals surface area (Å²) in [5.41, 5.74) is 5.47. The first-order valence-electron chi connectivity index (χ1n) is 6.60. The van der Waals surface area contributed by atoms with E-state index in [4.69, 9.17) is 10.5 Å². The highest BCUT2D eigenvalue weighted by Gasteiger charge is 2.41. The molecule has 1 amide bonds. The standard InChI is InChI=1S/C13H24N2O2.ClH/c1-13(2,3)17-12(16)15-6-4-9(5-7-15)10-8-11(10)14;/h9-11H,4-8,14H2,1-3H3;1H/t10-,11+;/m0./s1. The molecular formula is C13H25ClN2O2. The quantitative estimate of drug-likeness (QED) is 0.800. The monoisotopic (exact) mass is 276 g/mol. The van der Waals surface area contributed by atoms with Crippen LogP contribution in [0.2, 0.25) is 0 Å². The first kappa shape index (κ1) is 15.6. The van der Waals surface area contributed by atoms with Crippen molar-refractivity contribution < 1.29 is 9.53 Å². The summed E-state index contributed by atoms with van der Waals surface area (Å²) in [6.45, 7) is 7.36. The van der Waals surface area contributed by atoms with Crippen molar-refractivity contribution in [2.75, 3.05) is 13.1 Å². The van der Waals surface area contributed by atoms with Crippen LogP contribution in [0, 0.1) is 11.8 Å². The van der Waals surface area contributed by atoms with Gasteiger partial charge in [0, 0.05) is 19.1 Å². The summed E-state index contributed by atoms with van der Waals surface area (Å²) in [5, 5.41) is 0. The number of halogens is 1. The Labute approximate surface area is 116 Å². The van der Waals surface area contributed by atoms with Crippen molar-refractivity contribution in [1.82, 2.24) is 4.90 Å². The van der Waals surface area contributed by atoms with Gasteiger partial charge in [-0.3, -0.25) is 0 Å². The Bertz CT molecular complexity index is 296. The zero-order chi connectivity index (χ0) is 12.6. The van der Waals surface area contributed by atoms with Crippen molar-refractivity contribution in [3.05, 3.63) is 0 Å². The molecule has 18 heavy (non-hydrogen) atoms. The molecule has 0 bridgehead atoms. The van der Waals surface area contributed by atoms with Crippen LogP contribution in [-0.2, 0) is 4.74 Å². The van der Waals surface area contributed by atoms with E-state index >= 15 is 0 Å². The van der Waals surface area contributed by atoms with Crippen molar-refractivity contribution in [3.63, 3.8) is 0 Å². The van der Waals surface area contributed by atoms with Crippen LogP contribution in [0.3, 0.4) is 0 Å². The molecule has 2 N–H and O–H groups in total. The van der Waals surface area contributed by atoms with E-state index in [2.05, 4.69) is 0 Å². The van der Waals surface area contributed by atoms with Crippen molar-refractivity contribution in [3.8, 4) is 0 Å². The first-order chi connectivity index (χ1) is 7.87. The number of ether oxygens (including phenoxy) is 1. The van der Waals surface area contributed by atoms with Crippen LogP contribution < -0.4 is 5.73 Å². The molecule has 1 saturated carbocycles. The molecule has 0 aromatic carbocycles. The molecule has 106 valence electrons. The Morgan fingerprint density at radius 1 is 1.28 bits per heavy atom. The van der Waals surface area contributed by atoms with Gasteiger partial charge >= 0.3 is 6.09 Å². The van der Waals surface area contributed by atoms with E-state index < -0.39 is 5.60 Å². The SMILES string of the molecule is CC(C)(C)OC(=O)N1CCC([C@@H]2C[C@H]2N)CC1.Cl. The summed E-state index contributed by atoms with van der Waals surface area (Å²) in [6, 6.07) is 0.424. The summed E-state index contributed by atoms with van der Waals surface area (Å²) in [6.07, 6.45) is 3.17. The van der Waals surface area contributed by atoms with E-state index in [1.165, 1.54) is 6.42 Å². The molecule has 1 aliphatic heterocycles. The van der Waals surface area contributed by atoms with Crippen molar-refractivity contribution in [2.24, 2.45) is 17.6 Å². The molecule has 2 rings (SSSR count). The number of carbonyl (C=O) groups excluding carboxylic acids is 1. The molecule has 0 aromatic rings. The predicted octanol–water partition coefficient (Wildman–Crippen LogP) is 2.40. The van der Waals surface area contributed by atoms with Gasteiger partial charge in [-0.15, -0.1) is 12.4 Å². The summed E-state index contributed by atoms with van der Waals surface area (Å²) in [7, 11) is 0. The fourth-order valence-corrected chi connectivity index (χ4v) is 2.61. The van der Waals surface area contributed by atoms with Crippen LogP contribution in [0.1, 0.15) is 40.0 Å². The Hall–Kier alpha value is -0.480. The number of hydrogen-bond acceptors (Lipinski definition) is 3. The number of carbonyl (C=O) groups is 1. The highest BCUT2D eigenvalue weighted by atomic mass is 35.5. The average molecular weight is 277 g/mol. The number of rotatable bonds is 1. The maximum atomic E-state index is 11.8. The van der Waals surface area contributed by atoms with Gasteiger partial charge in [-0.2, -0.15) is 0 Å². The molecule has 5 heteroatoms. The Morgan fingerprint density at radius 2 is 1.78 bits per heavy atom. The lowest BCUT2D eigenvalue weighted by Crippen LogP contribution is -2.42. The van der Waals surface area contributed by atoms with E-state index in [1.807, 2.05) is 25.7 Å². The van der Waals surface area contributed by atoms with Crippen molar-refractivity contribution >= 4 is 18.5 Å². The van der Waals surface area contributed by atoms with E-state index in [1.54, 1.807) is 0 Å². The second-order valence-corrected chi connectivity index (χ2v) is 6.37. The van der Waals surface area contributed by atoms with Gasteiger partial charge in [0.05, 0.1) is 0 Å². The highest BCUT2D eigenvalue weighted by Crippen LogP contribution is 2.40. The lowest BCUT2D eigenvalue weighted by molar-refractivity contribution is 0.0175. The fourth-order valence-electron chi connectivity index (χ4n) is 2.61. The minimum atomic E-state index is -0.396. The van der Waals surface area contributed by atoms with Crippen LogP contribution in [0.25, 0.3) is 0 Å². The lowest BCUT2D eigenvalue weighted by Gasteiger charge is -2.33. The summed E-state index contributed by atoms with van der Waals surface area (Å²) >= 11 is 0. The number of nitrogens with two attached hydrogens (primary N) is 1. The van der Waals surface area contributed by atoms with Crippen LogP contribution in [-0.4, -0.2) is 35.7 Å². The third kappa shape index (κ3) is 4.02. The van der Waals surface area contributed by atoms with Crippen LogP contribution in [0.4, 0.5) is 4.79 Å². The summed E-state index contributed by atoms with van der Waals surface area (Å²) in [5.74, 6) is 1.44. The van der Waals surface area contributed by atoms with Crippen LogP contribution in [0.5, 0.6) is 0 Å². The molecule has 0 spiro atoms. The van der Waals surface area contributed by atoms with Gasteiger partial charge in [0.25, 0.3) is 0 Å². The summed E-state index contributed by atoms with van der Waals surface area (Å²) in [4.78, 5) is 13.7. The van der Waals surface area contributed by atoms with Gasteiger partial charge in [-0.25, -0.2) is 4.79 Å². The van der Waals surface area contributed by atoms with Gasteiger partial charge in [-0.05, 0) is 51.9 Å². The molecular weight excluding hydrogens is 252 g/mol. The second kappa shape index (κ2) is 5.66. The molecule has 1 heterocycles. The molecule has 2 aliphatic rings. The van der Waals surface area contributed by atoms with E-state index in [-0.39, 0.29) is 18.5 Å². The molecule has 1 aliphatic carbocycles. The smallest absolute Gasteiger partial charge is 0.410 e. The predicted molar refractivity (Wildman–Crippen MR) is 73.9 cm³/mol. The number of amides is 1. The third-order valence-corrected chi connectivity index (χ3v) is 3.69. The van der Waals surface area contributed by atoms with Crippen molar-refractivity contribution in [2.45, 2.75) is 51.7 Å². The summed E-state index contributed by atoms with van der Waals surface area (Å²) < 4.78 is 5.37. The topological polar surface area (TPSA) is 55.6 Å². The number of piperidine rings is 1. The molecule has 0 unspecified atom stereocenters. The van der Waals surface area contributed by atoms with Gasteiger partial charge in [0.15, 0.2) is 0 Å². The molecule has 2 atom stereocenters. The van der Waals surface area contributed by atoms with Gasteiger partial charge in [0.2, 0.25) is 0 Å². The first-order valence-corrected chi connectivity index (χ1v) is 6.60. The Morgan fingerprint density at radius 3 is 2.17 bits per heavy atom. The maximum Gasteiger partial charge on any atom is 0.410 e. The van der Waals surface area contributed by atoms with E-state index in [0.29, 0.717) is 6.04 Å². The zero-order valence-corrected chi connectivity index (χ0v) is 12.3. The zero-order valence-electron chi connectivity index (χ0n) is 11.5.